The van der Waals surface area contributed by atoms with Gasteiger partial charge in [-0.15, -0.1) is 0 Å². The number of hydrogen-bond donors (Lipinski definition) is 0. The van der Waals surface area contributed by atoms with Gasteiger partial charge in [-0.2, -0.15) is 0 Å². The number of ether oxygens (including phenoxy) is 1. The fourth-order valence-corrected chi connectivity index (χ4v) is 2.27. The van der Waals surface area contributed by atoms with Crippen molar-refractivity contribution in [2.45, 2.75) is 13.3 Å². The van der Waals surface area contributed by atoms with E-state index in [2.05, 4.69) is 4.98 Å². The Balaban J connectivity index is 3.16. The van der Waals surface area contributed by atoms with E-state index in [4.69, 9.17) is 4.74 Å². The van der Waals surface area contributed by atoms with Crippen LogP contribution in [0.4, 0.5) is 8.78 Å². The first-order valence-corrected chi connectivity index (χ1v) is 6.44. The molecule has 0 saturated carbocycles. The highest BCUT2D eigenvalue weighted by atomic mass is 127. The maximum Gasteiger partial charge on any atom is 0.358 e. The van der Waals surface area contributed by atoms with E-state index in [-0.39, 0.29) is 17.9 Å². The molecular formula is C9H7F2I2NO2. The molecule has 1 heterocycles. The van der Waals surface area contributed by atoms with Crippen molar-refractivity contribution in [1.29, 1.82) is 0 Å². The van der Waals surface area contributed by atoms with Crippen LogP contribution in [0.2, 0.25) is 0 Å². The zero-order valence-corrected chi connectivity index (χ0v) is 12.5. The molecule has 0 aliphatic rings. The van der Waals surface area contributed by atoms with Crippen LogP contribution in [0.1, 0.15) is 29.4 Å². The molecule has 0 fully saturated rings. The van der Waals surface area contributed by atoms with Gasteiger partial charge in [0.2, 0.25) is 0 Å². The highest BCUT2D eigenvalue weighted by Gasteiger charge is 2.21. The Kier molecular flexibility index (Phi) is 5.28. The third-order valence-corrected chi connectivity index (χ3v) is 4.94. The number of pyridine rings is 1. The summed E-state index contributed by atoms with van der Waals surface area (Å²) in [7, 11) is 0. The quantitative estimate of drug-likeness (QED) is 0.521. The van der Waals surface area contributed by atoms with Crippen molar-refractivity contribution in [1.82, 2.24) is 4.98 Å². The summed E-state index contributed by atoms with van der Waals surface area (Å²) < 4.78 is 30.6. The van der Waals surface area contributed by atoms with Gasteiger partial charge in [0.1, 0.15) is 0 Å². The van der Waals surface area contributed by atoms with Crippen LogP contribution in [0.15, 0.2) is 6.20 Å². The summed E-state index contributed by atoms with van der Waals surface area (Å²) >= 11 is 3.59. The number of alkyl halides is 2. The molecule has 1 rings (SSSR count). The molecular weight excluding hydrogens is 446 g/mol. The van der Waals surface area contributed by atoms with Gasteiger partial charge in [-0.3, -0.25) is 0 Å². The van der Waals surface area contributed by atoms with Crippen molar-refractivity contribution in [3.8, 4) is 0 Å². The highest BCUT2D eigenvalue weighted by molar-refractivity contribution is 14.1. The summed E-state index contributed by atoms with van der Waals surface area (Å²) in [4.78, 5) is 15.1. The summed E-state index contributed by atoms with van der Waals surface area (Å²) in [6.07, 6.45) is -1.58. The number of esters is 1. The number of nitrogens with zero attached hydrogens (tertiary/aromatic N) is 1. The van der Waals surface area contributed by atoms with Crippen LogP contribution < -0.4 is 0 Å². The highest BCUT2D eigenvalue weighted by Crippen LogP contribution is 2.28. The van der Waals surface area contributed by atoms with Crippen LogP contribution in [-0.4, -0.2) is 17.6 Å². The first-order valence-electron chi connectivity index (χ1n) is 4.28. The number of halogens is 4. The molecule has 3 nitrogen and oxygen atoms in total. The lowest BCUT2D eigenvalue weighted by Crippen LogP contribution is -2.11. The van der Waals surface area contributed by atoms with E-state index in [1.807, 2.05) is 22.6 Å². The monoisotopic (exact) mass is 453 g/mol. The van der Waals surface area contributed by atoms with Crippen LogP contribution in [0.5, 0.6) is 0 Å². The number of carbonyl (C=O) groups is 1. The van der Waals surface area contributed by atoms with E-state index < -0.39 is 12.4 Å². The average Bonchev–Trinajstić information content (AvgIpc) is 2.21. The normalized spacial score (nSPS) is 10.6. The van der Waals surface area contributed by atoms with Crippen molar-refractivity contribution in [3.05, 3.63) is 24.6 Å². The summed E-state index contributed by atoms with van der Waals surface area (Å²) in [6, 6.07) is 0. The van der Waals surface area contributed by atoms with E-state index >= 15 is 0 Å². The first kappa shape index (κ1) is 14.0. The predicted molar refractivity (Wildman–Crippen MR) is 70.6 cm³/mol. The second kappa shape index (κ2) is 6.03. The summed E-state index contributed by atoms with van der Waals surface area (Å²) in [6.45, 7) is 1.90. The summed E-state index contributed by atoms with van der Waals surface area (Å²) in [5, 5.41) is 0. The topological polar surface area (TPSA) is 39.2 Å². The second-order valence-electron chi connectivity index (χ2n) is 2.71. The van der Waals surface area contributed by atoms with Crippen LogP contribution >= 0.6 is 45.2 Å². The van der Waals surface area contributed by atoms with Gasteiger partial charge in [-0.1, -0.05) is 0 Å². The lowest BCUT2D eigenvalue weighted by atomic mass is 10.2. The van der Waals surface area contributed by atoms with E-state index in [1.165, 1.54) is 0 Å². The summed E-state index contributed by atoms with van der Waals surface area (Å²) in [5.41, 5.74) is -0.0886. The molecule has 0 aliphatic carbocycles. The Hall–Kier alpha value is -0.0600. The molecule has 1 aromatic rings. The van der Waals surface area contributed by atoms with Gasteiger partial charge in [0.25, 0.3) is 6.43 Å². The van der Waals surface area contributed by atoms with Gasteiger partial charge >= 0.3 is 5.97 Å². The van der Waals surface area contributed by atoms with Gasteiger partial charge in [0, 0.05) is 9.77 Å². The third-order valence-electron chi connectivity index (χ3n) is 1.69. The minimum atomic E-state index is -2.59. The Labute approximate surface area is 118 Å². The van der Waals surface area contributed by atoms with Gasteiger partial charge in [-0.05, 0) is 52.1 Å². The van der Waals surface area contributed by atoms with Crippen molar-refractivity contribution < 1.29 is 18.3 Å². The number of hydrogen-bond acceptors (Lipinski definition) is 3. The molecule has 0 saturated heterocycles. The van der Waals surface area contributed by atoms with Gasteiger partial charge in [0.15, 0.2) is 5.69 Å². The molecule has 0 atom stereocenters. The Bertz CT molecular complexity index is 413. The van der Waals surface area contributed by atoms with Crippen LogP contribution in [0.3, 0.4) is 0 Å². The number of carbonyl (C=O) groups excluding carboxylic acids is 1. The molecule has 0 aromatic carbocycles. The largest absolute Gasteiger partial charge is 0.461 e. The predicted octanol–water partition coefficient (Wildman–Crippen LogP) is 3.41. The summed E-state index contributed by atoms with van der Waals surface area (Å²) in [5.74, 6) is -0.592. The molecule has 1 aromatic heterocycles. The third kappa shape index (κ3) is 2.99. The van der Waals surface area contributed by atoms with E-state index in [9.17, 15) is 13.6 Å². The molecule has 7 heteroatoms. The van der Waals surface area contributed by atoms with E-state index in [1.54, 1.807) is 29.5 Å². The average molecular weight is 453 g/mol. The molecule has 0 bridgehead atoms. The standard InChI is InChI=1S/C9H7F2I2NO2/c1-2-16-9(15)7-6(13)5(12)4(3-14-7)8(10)11/h3,8H,2H2,1H3. The van der Waals surface area contributed by atoms with Crippen molar-refractivity contribution in [3.63, 3.8) is 0 Å². The molecule has 0 spiro atoms. The second-order valence-corrected chi connectivity index (χ2v) is 4.87. The maximum absolute atomic E-state index is 12.5. The van der Waals surface area contributed by atoms with Crippen molar-refractivity contribution in [2.75, 3.05) is 6.61 Å². The lowest BCUT2D eigenvalue weighted by molar-refractivity contribution is 0.0517. The molecule has 0 aliphatic heterocycles. The van der Waals surface area contributed by atoms with Gasteiger partial charge < -0.3 is 4.74 Å². The van der Waals surface area contributed by atoms with Crippen molar-refractivity contribution in [2.24, 2.45) is 0 Å². The first-order chi connectivity index (χ1) is 7.49. The molecule has 0 N–H and O–H groups in total. The Morgan fingerprint density at radius 1 is 1.50 bits per heavy atom. The smallest absolute Gasteiger partial charge is 0.358 e. The molecule has 88 valence electrons. The zero-order valence-electron chi connectivity index (χ0n) is 8.14. The fourth-order valence-electron chi connectivity index (χ4n) is 0.972. The van der Waals surface area contributed by atoms with Gasteiger partial charge in [-0.25, -0.2) is 18.6 Å². The van der Waals surface area contributed by atoms with E-state index in [0.29, 0.717) is 7.14 Å². The lowest BCUT2D eigenvalue weighted by Gasteiger charge is -2.08. The maximum atomic E-state index is 12.5. The van der Waals surface area contributed by atoms with Crippen molar-refractivity contribution >= 4 is 51.2 Å². The molecule has 0 radical (unpaired) electrons. The van der Waals surface area contributed by atoms with Crippen LogP contribution in [-0.2, 0) is 4.74 Å². The Morgan fingerprint density at radius 2 is 2.12 bits per heavy atom. The van der Waals surface area contributed by atoms with Crippen LogP contribution in [0.25, 0.3) is 0 Å². The minimum Gasteiger partial charge on any atom is -0.461 e. The molecule has 0 unspecified atom stereocenters. The van der Waals surface area contributed by atoms with Gasteiger partial charge in [0.05, 0.1) is 15.7 Å². The Morgan fingerprint density at radius 3 is 2.62 bits per heavy atom. The zero-order chi connectivity index (χ0) is 12.3. The minimum absolute atomic E-state index is 0.0799. The fraction of sp³-hybridized carbons (Fsp3) is 0.333. The SMILES string of the molecule is CCOC(=O)c1ncc(C(F)F)c(I)c1I. The van der Waals surface area contributed by atoms with Crippen LogP contribution in [0, 0.1) is 7.14 Å². The molecule has 16 heavy (non-hydrogen) atoms. The number of aromatic nitrogens is 1. The molecule has 0 amide bonds. The van der Waals surface area contributed by atoms with E-state index in [0.717, 1.165) is 6.20 Å². The number of rotatable bonds is 3.